The van der Waals surface area contributed by atoms with E-state index in [4.69, 9.17) is 5.73 Å². The summed E-state index contributed by atoms with van der Waals surface area (Å²) >= 11 is 0. The lowest BCUT2D eigenvalue weighted by atomic mass is 9.94. The average molecular weight is 402 g/mol. The van der Waals surface area contributed by atoms with Crippen LogP contribution in [0.15, 0.2) is 29.2 Å². The van der Waals surface area contributed by atoms with Crippen LogP contribution in [0.2, 0.25) is 0 Å². The zero-order valence-electron chi connectivity index (χ0n) is 15.3. The van der Waals surface area contributed by atoms with Crippen molar-refractivity contribution in [2.24, 2.45) is 17.6 Å². The molecule has 1 aromatic carbocycles. The molecule has 1 amide bonds. The van der Waals surface area contributed by atoms with Gasteiger partial charge in [-0.1, -0.05) is 19.9 Å². The first kappa shape index (κ1) is 21.2. The normalized spacial score (nSPS) is 27.2. The van der Waals surface area contributed by atoms with Crippen LogP contribution in [0.3, 0.4) is 0 Å². The van der Waals surface area contributed by atoms with E-state index in [1.54, 1.807) is 27.4 Å². The highest BCUT2D eigenvalue weighted by molar-refractivity contribution is 7.89. The summed E-state index contributed by atoms with van der Waals surface area (Å²) in [7, 11) is -3.58. The number of hydrogen-bond acceptors (Lipinski definition) is 4. The van der Waals surface area contributed by atoms with Crippen molar-refractivity contribution in [1.82, 2.24) is 9.21 Å². The van der Waals surface area contributed by atoms with E-state index in [0.29, 0.717) is 43.6 Å². The molecule has 3 atom stereocenters. The van der Waals surface area contributed by atoms with Crippen LogP contribution in [0.25, 0.3) is 0 Å². The van der Waals surface area contributed by atoms with Gasteiger partial charge in [0.15, 0.2) is 0 Å². The Morgan fingerprint density at radius 3 is 2.38 bits per heavy atom. The predicted molar refractivity (Wildman–Crippen MR) is 104 cm³/mol. The number of halogens is 1. The number of carbonyl (C=O) groups is 1. The minimum absolute atomic E-state index is 0. The van der Waals surface area contributed by atoms with Crippen LogP contribution in [0, 0.1) is 11.8 Å². The van der Waals surface area contributed by atoms with Crippen LogP contribution in [0.4, 0.5) is 0 Å². The molecule has 2 fully saturated rings. The summed E-state index contributed by atoms with van der Waals surface area (Å²) in [5.41, 5.74) is 6.28. The van der Waals surface area contributed by atoms with Crippen molar-refractivity contribution in [2.45, 2.75) is 37.6 Å². The molecule has 26 heavy (non-hydrogen) atoms. The van der Waals surface area contributed by atoms with Crippen LogP contribution in [0.1, 0.15) is 37.0 Å². The van der Waals surface area contributed by atoms with Crippen molar-refractivity contribution in [1.29, 1.82) is 0 Å². The van der Waals surface area contributed by atoms with Gasteiger partial charge in [-0.3, -0.25) is 4.79 Å². The summed E-state index contributed by atoms with van der Waals surface area (Å²) in [5, 5.41) is 0. The maximum atomic E-state index is 13.0. The van der Waals surface area contributed by atoms with E-state index >= 15 is 0 Å². The van der Waals surface area contributed by atoms with Gasteiger partial charge >= 0.3 is 0 Å². The number of benzene rings is 1. The van der Waals surface area contributed by atoms with E-state index in [0.717, 1.165) is 12.8 Å². The molecule has 2 saturated heterocycles. The molecule has 146 valence electrons. The number of carbonyl (C=O) groups excluding carboxylic acids is 1. The summed E-state index contributed by atoms with van der Waals surface area (Å²) in [6.07, 6.45) is 1.83. The Kier molecular flexibility index (Phi) is 6.71. The van der Waals surface area contributed by atoms with Crippen molar-refractivity contribution in [2.75, 3.05) is 26.2 Å². The Balaban J connectivity index is 0.00000243. The fourth-order valence-electron chi connectivity index (χ4n) is 3.89. The molecular weight excluding hydrogens is 374 g/mol. The van der Waals surface area contributed by atoms with Gasteiger partial charge in [0.2, 0.25) is 10.0 Å². The number of piperidine rings is 1. The molecule has 0 aromatic heterocycles. The fourth-order valence-corrected chi connectivity index (χ4v) is 5.62. The smallest absolute Gasteiger partial charge is 0.253 e. The molecule has 2 heterocycles. The number of likely N-dealkylation sites (tertiary alicyclic amines) is 1. The highest BCUT2D eigenvalue weighted by atomic mass is 35.5. The van der Waals surface area contributed by atoms with Crippen molar-refractivity contribution < 1.29 is 13.2 Å². The molecule has 3 rings (SSSR count). The second-order valence-electron chi connectivity index (χ2n) is 7.60. The van der Waals surface area contributed by atoms with Crippen LogP contribution >= 0.6 is 12.4 Å². The van der Waals surface area contributed by atoms with Crippen molar-refractivity contribution in [3.05, 3.63) is 29.8 Å². The van der Waals surface area contributed by atoms with Gasteiger partial charge in [0, 0.05) is 37.8 Å². The van der Waals surface area contributed by atoms with Gasteiger partial charge in [-0.15, -0.1) is 12.4 Å². The maximum Gasteiger partial charge on any atom is 0.253 e. The molecule has 2 aliphatic heterocycles. The van der Waals surface area contributed by atoms with E-state index < -0.39 is 10.0 Å². The van der Waals surface area contributed by atoms with Gasteiger partial charge in [-0.2, -0.15) is 4.31 Å². The Bertz CT molecular complexity index is 746. The van der Waals surface area contributed by atoms with Crippen molar-refractivity contribution >= 4 is 28.3 Å². The van der Waals surface area contributed by atoms with Crippen LogP contribution in [-0.2, 0) is 10.0 Å². The lowest BCUT2D eigenvalue weighted by Gasteiger charge is -2.34. The zero-order chi connectivity index (χ0) is 18.2. The molecule has 0 radical (unpaired) electrons. The minimum atomic E-state index is -3.58. The molecule has 0 bridgehead atoms. The van der Waals surface area contributed by atoms with E-state index in [2.05, 4.69) is 13.8 Å². The zero-order valence-corrected chi connectivity index (χ0v) is 16.9. The number of amides is 1. The molecule has 0 spiro atoms. The van der Waals surface area contributed by atoms with E-state index in [9.17, 15) is 13.2 Å². The number of nitrogens with two attached hydrogens (primary N) is 1. The molecule has 6 nitrogen and oxygen atoms in total. The van der Waals surface area contributed by atoms with Gasteiger partial charge in [-0.25, -0.2) is 8.42 Å². The topological polar surface area (TPSA) is 83.7 Å². The summed E-state index contributed by atoms with van der Waals surface area (Å²) in [4.78, 5) is 14.5. The Labute approximate surface area is 162 Å². The molecular formula is C18H28ClN3O3S. The Hall–Kier alpha value is -1.15. The van der Waals surface area contributed by atoms with E-state index in [1.165, 1.54) is 6.07 Å². The highest BCUT2D eigenvalue weighted by Crippen LogP contribution is 2.27. The van der Waals surface area contributed by atoms with Crippen LogP contribution < -0.4 is 5.73 Å². The molecule has 0 aliphatic carbocycles. The quantitative estimate of drug-likeness (QED) is 0.838. The number of hydrogen-bond donors (Lipinski definition) is 1. The Morgan fingerprint density at radius 1 is 1.15 bits per heavy atom. The van der Waals surface area contributed by atoms with E-state index in [-0.39, 0.29) is 29.3 Å². The van der Waals surface area contributed by atoms with Gasteiger partial charge in [-0.05, 0) is 42.9 Å². The van der Waals surface area contributed by atoms with Crippen LogP contribution in [-0.4, -0.2) is 55.8 Å². The summed E-state index contributed by atoms with van der Waals surface area (Å²) in [5.74, 6) is 0.536. The molecule has 1 aromatic rings. The van der Waals surface area contributed by atoms with Gasteiger partial charge < -0.3 is 10.6 Å². The SMILES string of the molecule is CC1CC(C)CN(S(=O)(=O)c2cccc(C(=O)N3CC[C@@H](N)C3)c2)C1.Cl. The summed E-state index contributed by atoms with van der Waals surface area (Å²) in [6, 6.07) is 6.41. The average Bonchev–Trinajstić information content (AvgIpc) is 3.00. The minimum Gasteiger partial charge on any atom is -0.337 e. The van der Waals surface area contributed by atoms with Gasteiger partial charge in [0.05, 0.1) is 4.90 Å². The number of rotatable bonds is 3. The van der Waals surface area contributed by atoms with Gasteiger partial charge in [0.25, 0.3) is 5.91 Å². The largest absolute Gasteiger partial charge is 0.337 e. The molecule has 2 N–H and O–H groups in total. The number of sulfonamides is 1. The van der Waals surface area contributed by atoms with Crippen molar-refractivity contribution in [3.8, 4) is 0 Å². The molecule has 0 saturated carbocycles. The lowest BCUT2D eigenvalue weighted by molar-refractivity contribution is 0.0790. The molecule has 2 aliphatic rings. The first-order valence-electron chi connectivity index (χ1n) is 8.92. The third kappa shape index (κ3) is 4.39. The van der Waals surface area contributed by atoms with E-state index in [1.807, 2.05) is 0 Å². The van der Waals surface area contributed by atoms with Crippen molar-refractivity contribution in [3.63, 3.8) is 0 Å². The first-order valence-corrected chi connectivity index (χ1v) is 10.4. The first-order chi connectivity index (χ1) is 11.8. The predicted octanol–water partition coefficient (Wildman–Crippen LogP) is 1.95. The Morgan fingerprint density at radius 2 is 1.81 bits per heavy atom. The summed E-state index contributed by atoms with van der Waals surface area (Å²) < 4.78 is 27.6. The maximum absolute atomic E-state index is 13.0. The highest BCUT2D eigenvalue weighted by Gasteiger charge is 2.32. The van der Waals surface area contributed by atoms with Crippen LogP contribution in [0.5, 0.6) is 0 Å². The standard InChI is InChI=1S/C18H27N3O3S.ClH/c1-13-8-14(2)11-21(10-13)25(23,24)17-5-3-4-15(9-17)18(22)20-7-6-16(19)12-20;/h3-5,9,13-14,16H,6-8,10-12,19H2,1-2H3;1H/t13?,14?,16-;/m1./s1. The molecule has 2 unspecified atom stereocenters. The summed E-state index contributed by atoms with van der Waals surface area (Å²) in [6.45, 7) is 6.37. The molecule has 8 heteroatoms. The monoisotopic (exact) mass is 401 g/mol. The third-order valence-corrected chi connectivity index (χ3v) is 6.89. The lowest BCUT2D eigenvalue weighted by Crippen LogP contribution is -2.42. The second kappa shape index (κ2) is 8.25. The second-order valence-corrected chi connectivity index (χ2v) is 9.53. The van der Waals surface area contributed by atoms with Gasteiger partial charge in [0.1, 0.15) is 0 Å². The number of nitrogens with zero attached hydrogens (tertiary/aromatic N) is 2. The fraction of sp³-hybridized carbons (Fsp3) is 0.611. The third-order valence-electron chi connectivity index (χ3n) is 5.07.